The first-order valence-corrected chi connectivity index (χ1v) is 5.78. The lowest BCUT2D eigenvalue weighted by Crippen LogP contribution is -2.33. The van der Waals surface area contributed by atoms with Gasteiger partial charge in [-0.2, -0.15) is 0 Å². The molecule has 2 rings (SSSR count). The molecule has 78 valence electrons. The van der Waals surface area contributed by atoms with Crippen LogP contribution < -0.4 is 11.1 Å². The molecule has 0 saturated carbocycles. The molecule has 1 atom stereocenters. The summed E-state index contributed by atoms with van der Waals surface area (Å²) in [5, 5.41) is 3.33. The van der Waals surface area contributed by atoms with Crippen LogP contribution in [0.5, 0.6) is 0 Å². The molecule has 1 aromatic heterocycles. The molecule has 3 nitrogen and oxygen atoms in total. The zero-order chi connectivity index (χ0) is 9.97. The molecular weight excluding hydrogens is 244 g/mol. The van der Waals surface area contributed by atoms with Gasteiger partial charge < -0.3 is 15.5 Å². The van der Waals surface area contributed by atoms with Gasteiger partial charge in [0.15, 0.2) is 4.67 Å². The van der Waals surface area contributed by atoms with E-state index in [4.69, 9.17) is 10.2 Å². The van der Waals surface area contributed by atoms with Crippen molar-refractivity contribution in [2.75, 3.05) is 13.1 Å². The summed E-state index contributed by atoms with van der Waals surface area (Å²) in [7, 11) is 0. The number of hydrogen-bond acceptors (Lipinski definition) is 3. The second kappa shape index (κ2) is 4.47. The van der Waals surface area contributed by atoms with E-state index >= 15 is 0 Å². The van der Waals surface area contributed by atoms with Gasteiger partial charge in [-0.3, -0.25) is 0 Å². The zero-order valence-corrected chi connectivity index (χ0v) is 9.59. The van der Waals surface area contributed by atoms with Gasteiger partial charge in [-0.15, -0.1) is 0 Å². The van der Waals surface area contributed by atoms with Crippen molar-refractivity contribution >= 4 is 15.9 Å². The Kier molecular flexibility index (Phi) is 3.26. The number of rotatable bonds is 2. The first-order valence-electron chi connectivity index (χ1n) is 4.99. The number of furan rings is 1. The molecule has 0 spiro atoms. The van der Waals surface area contributed by atoms with Gasteiger partial charge in [-0.05, 0) is 59.9 Å². The van der Waals surface area contributed by atoms with E-state index in [1.165, 1.54) is 0 Å². The molecule has 0 radical (unpaired) electrons. The highest BCUT2D eigenvalue weighted by Crippen LogP contribution is 2.29. The van der Waals surface area contributed by atoms with Crippen molar-refractivity contribution in [1.82, 2.24) is 5.32 Å². The second-order valence-electron chi connectivity index (χ2n) is 3.76. The molecule has 0 bridgehead atoms. The van der Waals surface area contributed by atoms with Crippen molar-refractivity contribution in [1.29, 1.82) is 0 Å². The van der Waals surface area contributed by atoms with E-state index in [1.807, 2.05) is 12.1 Å². The van der Waals surface area contributed by atoms with Crippen LogP contribution in [0.25, 0.3) is 0 Å². The average Bonchev–Trinajstić information content (AvgIpc) is 2.65. The highest BCUT2D eigenvalue weighted by Gasteiger charge is 2.23. The zero-order valence-electron chi connectivity index (χ0n) is 8.00. The number of nitrogens with two attached hydrogens (primary N) is 1. The summed E-state index contributed by atoms with van der Waals surface area (Å²) in [4.78, 5) is 0. The first-order chi connectivity index (χ1) is 6.77. The second-order valence-corrected chi connectivity index (χ2v) is 4.54. The Morgan fingerprint density at radius 2 is 2.14 bits per heavy atom. The lowest BCUT2D eigenvalue weighted by Gasteiger charge is -2.26. The molecule has 1 aromatic rings. The van der Waals surface area contributed by atoms with Gasteiger partial charge in [-0.1, -0.05) is 0 Å². The predicted octanol–water partition coefficient (Wildman–Crippen LogP) is 2.04. The van der Waals surface area contributed by atoms with Crippen molar-refractivity contribution in [3.05, 3.63) is 22.6 Å². The summed E-state index contributed by atoms with van der Waals surface area (Å²) in [5.41, 5.74) is 6.14. The summed E-state index contributed by atoms with van der Waals surface area (Å²) in [6, 6.07) is 3.90. The SMILES string of the molecule is N[C@@H](c1ccc(Br)o1)C1CCNCC1. The molecule has 1 saturated heterocycles. The van der Waals surface area contributed by atoms with Crippen molar-refractivity contribution < 1.29 is 4.42 Å². The fourth-order valence-electron chi connectivity index (χ4n) is 1.94. The van der Waals surface area contributed by atoms with E-state index in [1.54, 1.807) is 0 Å². The van der Waals surface area contributed by atoms with Gasteiger partial charge in [0.05, 0.1) is 6.04 Å². The maximum atomic E-state index is 6.14. The van der Waals surface area contributed by atoms with E-state index < -0.39 is 0 Å². The van der Waals surface area contributed by atoms with Crippen molar-refractivity contribution in [2.24, 2.45) is 11.7 Å². The molecule has 0 unspecified atom stereocenters. The van der Waals surface area contributed by atoms with Gasteiger partial charge in [0.2, 0.25) is 0 Å². The predicted molar refractivity (Wildman–Crippen MR) is 58.9 cm³/mol. The van der Waals surface area contributed by atoms with Crippen LogP contribution in [0, 0.1) is 5.92 Å². The van der Waals surface area contributed by atoms with Gasteiger partial charge in [0.1, 0.15) is 5.76 Å². The quantitative estimate of drug-likeness (QED) is 0.854. The standard InChI is InChI=1S/C10H15BrN2O/c11-9-2-1-8(14-9)10(12)7-3-5-13-6-4-7/h1-2,7,10,13H,3-6,12H2/t10-/m1/s1. The largest absolute Gasteiger partial charge is 0.453 e. The van der Waals surface area contributed by atoms with Crippen LogP contribution in [0.4, 0.5) is 0 Å². The topological polar surface area (TPSA) is 51.2 Å². The third-order valence-corrected chi connectivity index (χ3v) is 3.24. The Labute approximate surface area is 92.2 Å². The number of halogens is 1. The minimum absolute atomic E-state index is 0.0448. The number of piperidine rings is 1. The average molecular weight is 259 g/mol. The Hall–Kier alpha value is -0.320. The summed E-state index contributed by atoms with van der Waals surface area (Å²) >= 11 is 3.29. The third-order valence-electron chi connectivity index (χ3n) is 2.81. The van der Waals surface area contributed by atoms with Gasteiger partial charge in [0.25, 0.3) is 0 Å². The summed E-state index contributed by atoms with van der Waals surface area (Å²) in [6.07, 6.45) is 2.28. The smallest absolute Gasteiger partial charge is 0.169 e. The molecule has 0 amide bonds. The van der Waals surface area contributed by atoms with Crippen molar-refractivity contribution in [2.45, 2.75) is 18.9 Å². The Bertz CT molecular complexity index is 294. The van der Waals surface area contributed by atoms with Crippen molar-refractivity contribution in [3.8, 4) is 0 Å². The fraction of sp³-hybridized carbons (Fsp3) is 0.600. The molecule has 2 heterocycles. The molecular formula is C10H15BrN2O. The van der Waals surface area contributed by atoms with Crippen molar-refractivity contribution in [3.63, 3.8) is 0 Å². The molecule has 0 aliphatic carbocycles. The minimum Gasteiger partial charge on any atom is -0.453 e. The summed E-state index contributed by atoms with van der Waals surface area (Å²) in [5.74, 6) is 1.44. The van der Waals surface area contributed by atoms with Gasteiger partial charge in [-0.25, -0.2) is 0 Å². The number of nitrogens with one attached hydrogen (secondary N) is 1. The van der Waals surface area contributed by atoms with E-state index in [0.717, 1.165) is 36.4 Å². The van der Waals surface area contributed by atoms with E-state index in [-0.39, 0.29) is 6.04 Å². The third kappa shape index (κ3) is 2.19. The molecule has 3 N–H and O–H groups in total. The van der Waals surface area contributed by atoms with Gasteiger partial charge >= 0.3 is 0 Å². The fourth-order valence-corrected chi connectivity index (χ4v) is 2.26. The van der Waals surface area contributed by atoms with Crippen LogP contribution in [-0.4, -0.2) is 13.1 Å². The summed E-state index contributed by atoms with van der Waals surface area (Å²) < 4.78 is 6.23. The lowest BCUT2D eigenvalue weighted by molar-refractivity contribution is 0.289. The Morgan fingerprint density at radius 3 is 2.71 bits per heavy atom. The minimum atomic E-state index is 0.0448. The lowest BCUT2D eigenvalue weighted by atomic mass is 9.89. The van der Waals surface area contributed by atoms with E-state index in [9.17, 15) is 0 Å². The molecule has 1 aliphatic heterocycles. The normalized spacial score (nSPS) is 21.0. The van der Waals surface area contributed by atoms with E-state index in [0.29, 0.717) is 5.92 Å². The highest BCUT2D eigenvalue weighted by atomic mass is 79.9. The van der Waals surface area contributed by atoms with Gasteiger partial charge in [0, 0.05) is 0 Å². The Balaban J connectivity index is 2.03. The van der Waals surface area contributed by atoms with E-state index in [2.05, 4.69) is 21.2 Å². The monoisotopic (exact) mass is 258 g/mol. The van der Waals surface area contributed by atoms with Crippen LogP contribution in [0.1, 0.15) is 24.6 Å². The molecule has 1 fully saturated rings. The number of hydrogen-bond donors (Lipinski definition) is 2. The molecule has 14 heavy (non-hydrogen) atoms. The Morgan fingerprint density at radius 1 is 1.43 bits per heavy atom. The van der Waals surface area contributed by atoms with Crippen LogP contribution in [0.2, 0.25) is 0 Å². The summed E-state index contributed by atoms with van der Waals surface area (Å²) in [6.45, 7) is 2.14. The van der Waals surface area contributed by atoms with Crippen LogP contribution >= 0.6 is 15.9 Å². The van der Waals surface area contributed by atoms with Crippen LogP contribution in [0.15, 0.2) is 21.2 Å². The molecule has 4 heteroatoms. The van der Waals surface area contributed by atoms with Crippen LogP contribution in [0.3, 0.4) is 0 Å². The van der Waals surface area contributed by atoms with Crippen LogP contribution in [-0.2, 0) is 0 Å². The molecule has 0 aromatic carbocycles. The highest BCUT2D eigenvalue weighted by molar-refractivity contribution is 9.10. The first kappa shape index (κ1) is 10.2. The maximum Gasteiger partial charge on any atom is 0.169 e. The maximum absolute atomic E-state index is 6.14. The molecule has 1 aliphatic rings.